The minimum atomic E-state index is -0.662. The van der Waals surface area contributed by atoms with Crippen molar-refractivity contribution in [1.29, 1.82) is 0 Å². The Morgan fingerprint density at radius 3 is 2.75 bits per heavy atom. The Balaban J connectivity index is 1.38. The van der Waals surface area contributed by atoms with Crippen molar-refractivity contribution in [2.24, 2.45) is 0 Å². The monoisotopic (exact) mass is 437 g/mol. The average Bonchev–Trinajstić information content (AvgIpc) is 3.09. The van der Waals surface area contributed by atoms with E-state index in [9.17, 15) is 19.2 Å². The van der Waals surface area contributed by atoms with Crippen LogP contribution in [0.2, 0.25) is 0 Å². The van der Waals surface area contributed by atoms with Crippen LogP contribution >= 0.6 is 0 Å². The van der Waals surface area contributed by atoms with E-state index in [-0.39, 0.29) is 24.8 Å². The van der Waals surface area contributed by atoms with Crippen molar-refractivity contribution >= 4 is 29.5 Å². The minimum Gasteiger partial charge on any atom is -0.496 e. The highest BCUT2D eigenvalue weighted by Gasteiger charge is 2.39. The smallest absolute Gasteiger partial charge is 0.411 e. The number of hydrogen-bond acceptors (Lipinski definition) is 6. The van der Waals surface area contributed by atoms with Gasteiger partial charge in [-0.1, -0.05) is 18.2 Å². The second-order valence-electron chi connectivity index (χ2n) is 7.78. The number of benzene rings is 2. The van der Waals surface area contributed by atoms with Gasteiger partial charge in [-0.15, -0.1) is 0 Å². The first-order valence-electron chi connectivity index (χ1n) is 10.2. The van der Waals surface area contributed by atoms with Gasteiger partial charge in [0.2, 0.25) is 11.8 Å². The van der Waals surface area contributed by atoms with Crippen LogP contribution < -0.4 is 15.4 Å². The van der Waals surface area contributed by atoms with Gasteiger partial charge in [-0.25, -0.2) is 4.79 Å². The van der Waals surface area contributed by atoms with Crippen molar-refractivity contribution in [1.82, 2.24) is 10.2 Å². The third-order valence-electron chi connectivity index (χ3n) is 5.62. The molecule has 2 N–H and O–H groups in total. The number of anilines is 1. The lowest BCUT2D eigenvalue weighted by Crippen LogP contribution is -2.52. The number of nitrogens with zero attached hydrogens (tertiary/aromatic N) is 1. The molecule has 4 rings (SSSR count). The Labute approximate surface area is 184 Å². The summed E-state index contributed by atoms with van der Waals surface area (Å²) in [5.41, 5.74) is 3.40. The van der Waals surface area contributed by atoms with E-state index in [4.69, 9.17) is 9.47 Å². The van der Waals surface area contributed by atoms with E-state index < -0.39 is 18.0 Å². The van der Waals surface area contributed by atoms with Crippen LogP contribution in [-0.2, 0) is 27.5 Å². The zero-order chi connectivity index (χ0) is 22.8. The molecule has 0 spiro atoms. The second kappa shape index (κ2) is 8.70. The summed E-state index contributed by atoms with van der Waals surface area (Å²) in [6.07, 6.45) is -0.116. The van der Waals surface area contributed by atoms with Crippen LogP contribution in [0.5, 0.6) is 5.75 Å². The number of ether oxygens (including phenoxy) is 2. The third-order valence-corrected chi connectivity index (χ3v) is 5.62. The number of carbonyl (C=O) groups excluding carboxylic acids is 4. The molecule has 1 saturated heterocycles. The second-order valence-corrected chi connectivity index (χ2v) is 7.78. The zero-order valence-electron chi connectivity index (χ0n) is 17.8. The normalized spacial score (nSPS) is 17.6. The van der Waals surface area contributed by atoms with E-state index in [1.807, 2.05) is 13.0 Å². The summed E-state index contributed by atoms with van der Waals surface area (Å²) >= 11 is 0. The molecule has 9 nitrogen and oxygen atoms in total. The fourth-order valence-corrected chi connectivity index (χ4v) is 3.89. The van der Waals surface area contributed by atoms with Gasteiger partial charge < -0.3 is 14.4 Å². The third kappa shape index (κ3) is 4.27. The number of hydrogen-bond donors (Lipinski definition) is 2. The Bertz CT molecular complexity index is 1110. The molecule has 9 heteroatoms. The summed E-state index contributed by atoms with van der Waals surface area (Å²) in [7, 11) is 1.56. The van der Waals surface area contributed by atoms with E-state index in [0.717, 1.165) is 11.1 Å². The molecule has 0 bridgehead atoms. The van der Waals surface area contributed by atoms with Crippen molar-refractivity contribution in [3.63, 3.8) is 0 Å². The number of imide groups is 1. The highest BCUT2D eigenvalue weighted by Crippen LogP contribution is 2.28. The number of methoxy groups -OCH3 is 1. The fourth-order valence-electron chi connectivity index (χ4n) is 3.89. The van der Waals surface area contributed by atoms with Crippen LogP contribution in [0, 0.1) is 6.92 Å². The van der Waals surface area contributed by atoms with Gasteiger partial charge in [0.1, 0.15) is 18.4 Å². The van der Waals surface area contributed by atoms with Crippen molar-refractivity contribution in [3.8, 4) is 5.75 Å². The summed E-state index contributed by atoms with van der Waals surface area (Å²) in [5, 5.41) is 4.93. The van der Waals surface area contributed by atoms with Crippen LogP contribution in [-0.4, -0.2) is 41.9 Å². The Hall–Kier alpha value is -3.88. The predicted octanol–water partition coefficient (Wildman–Crippen LogP) is 2.51. The van der Waals surface area contributed by atoms with Gasteiger partial charge >= 0.3 is 6.09 Å². The molecule has 1 atom stereocenters. The van der Waals surface area contributed by atoms with Crippen molar-refractivity contribution in [2.75, 3.05) is 12.4 Å². The summed E-state index contributed by atoms with van der Waals surface area (Å²) < 4.78 is 10.5. The van der Waals surface area contributed by atoms with Crippen molar-refractivity contribution in [2.45, 2.75) is 39.0 Å². The molecule has 2 aliphatic heterocycles. The molecular weight excluding hydrogens is 414 g/mol. The first-order chi connectivity index (χ1) is 15.4. The van der Waals surface area contributed by atoms with Crippen LogP contribution in [0.15, 0.2) is 36.4 Å². The molecule has 166 valence electrons. The lowest BCUT2D eigenvalue weighted by Gasteiger charge is -2.29. The van der Waals surface area contributed by atoms with Gasteiger partial charge in [0.25, 0.3) is 5.91 Å². The first kappa shape index (κ1) is 21.4. The molecule has 1 fully saturated rings. The number of carbonyl (C=O) groups is 4. The molecule has 0 radical (unpaired) electrons. The number of piperidine rings is 1. The number of rotatable bonds is 5. The Morgan fingerprint density at radius 2 is 2.00 bits per heavy atom. The average molecular weight is 437 g/mol. The maximum atomic E-state index is 12.9. The van der Waals surface area contributed by atoms with Crippen molar-refractivity contribution < 1.29 is 28.7 Å². The molecule has 32 heavy (non-hydrogen) atoms. The molecule has 2 aliphatic rings. The van der Waals surface area contributed by atoms with E-state index in [1.54, 1.807) is 37.4 Å². The van der Waals surface area contributed by atoms with Crippen LogP contribution in [0.4, 0.5) is 10.5 Å². The van der Waals surface area contributed by atoms with Crippen LogP contribution in [0.3, 0.4) is 0 Å². The number of fused-ring (bicyclic) bond motifs is 1. The topological polar surface area (TPSA) is 114 Å². The molecule has 2 aromatic rings. The maximum Gasteiger partial charge on any atom is 0.411 e. The van der Waals surface area contributed by atoms with Crippen LogP contribution in [0.1, 0.15) is 39.9 Å². The van der Waals surface area contributed by atoms with E-state index >= 15 is 0 Å². The molecule has 0 aliphatic carbocycles. The maximum absolute atomic E-state index is 12.9. The standard InChI is InChI=1S/C23H23N3O6/c1-13-3-6-16(10-19(13)31-2)24-23(30)32-12-14-4-5-15-11-26(22(29)17(15)9-14)18-7-8-20(27)25-21(18)28/h3-6,9-10,18H,7-8,11-12H2,1-2H3,(H,24,30)(H,25,27,28). The molecule has 1 unspecified atom stereocenters. The van der Waals surface area contributed by atoms with Gasteiger partial charge in [0.05, 0.1) is 7.11 Å². The SMILES string of the molecule is COc1cc(NC(=O)OCc2ccc3c(c2)C(=O)N(C2CCC(=O)NC2=O)C3)ccc1C. The molecular formula is C23H23N3O6. The highest BCUT2D eigenvalue weighted by molar-refractivity contribution is 6.05. The van der Waals surface area contributed by atoms with E-state index in [2.05, 4.69) is 10.6 Å². The largest absolute Gasteiger partial charge is 0.496 e. The lowest BCUT2D eigenvalue weighted by molar-refractivity contribution is -0.136. The molecule has 0 saturated carbocycles. The first-order valence-corrected chi connectivity index (χ1v) is 10.2. The molecule has 4 amide bonds. The highest BCUT2D eigenvalue weighted by atomic mass is 16.5. The van der Waals surface area contributed by atoms with Gasteiger partial charge in [-0.3, -0.25) is 25.0 Å². The van der Waals surface area contributed by atoms with E-state index in [1.165, 1.54) is 4.90 Å². The fraction of sp³-hybridized carbons (Fsp3) is 0.304. The summed E-state index contributed by atoms with van der Waals surface area (Å²) in [5.74, 6) is -0.388. The number of nitrogens with one attached hydrogen (secondary N) is 2. The van der Waals surface area contributed by atoms with Gasteiger partial charge in [-0.05, 0) is 42.2 Å². The Morgan fingerprint density at radius 1 is 1.19 bits per heavy atom. The van der Waals surface area contributed by atoms with Crippen molar-refractivity contribution in [3.05, 3.63) is 58.7 Å². The summed E-state index contributed by atoms with van der Waals surface area (Å²) in [6.45, 7) is 2.18. The number of aryl methyl sites for hydroxylation is 1. The molecule has 2 heterocycles. The summed E-state index contributed by atoms with van der Waals surface area (Å²) in [6, 6.07) is 9.86. The number of amides is 4. The zero-order valence-corrected chi connectivity index (χ0v) is 17.8. The predicted molar refractivity (Wildman–Crippen MR) is 114 cm³/mol. The van der Waals surface area contributed by atoms with Gasteiger partial charge in [0.15, 0.2) is 0 Å². The lowest BCUT2D eigenvalue weighted by atomic mass is 10.0. The van der Waals surface area contributed by atoms with E-state index in [0.29, 0.717) is 35.5 Å². The summed E-state index contributed by atoms with van der Waals surface area (Å²) in [4.78, 5) is 50.0. The van der Waals surface area contributed by atoms with Gasteiger partial charge in [-0.2, -0.15) is 0 Å². The quantitative estimate of drug-likeness (QED) is 0.695. The molecule has 2 aromatic carbocycles. The Kier molecular flexibility index (Phi) is 5.81. The minimum absolute atomic E-state index is 0.0200. The van der Waals surface area contributed by atoms with Gasteiger partial charge in [0, 0.05) is 30.3 Å². The molecule has 0 aromatic heterocycles. The van der Waals surface area contributed by atoms with Crippen LogP contribution in [0.25, 0.3) is 0 Å².